The van der Waals surface area contributed by atoms with Gasteiger partial charge in [-0.15, -0.1) is 0 Å². The van der Waals surface area contributed by atoms with Crippen LogP contribution in [0.4, 0.5) is 0 Å². The van der Waals surface area contributed by atoms with Crippen LogP contribution in [0.3, 0.4) is 0 Å². The maximum absolute atomic E-state index is 2.39. The average Bonchev–Trinajstić information content (AvgIpc) is 2.62. The molecule has 0 amide bonds. The van der Waals surface area contributed by atoms with Crippen LogP contribution in [0.5, 0.6) is 0 Å². The maximum atomic E-state index is 2.39. The molecule has 2 aliphatic rings. The SMILES string of the molecule is CC1=CCC([SiH2]C2=CC(C)=CC2)=C1.[H-].[Li+]. The van der Waals surface area contributed by atoms with Crippen LogP contribution in [-0.2, 0) is 0 Å². The molecule has 0 N–H and O–H groups in total. The summed E-state index contributed by atoms with van der Waals surface area (Å²) in [5.74, 6) is 0. The van der Waals surface area contributed by atoms with Gasteiger partial charge in [0.05, 0.1) is 9.52 Å². The Labute approximate surface area is 102 Å². The first-order chi connectivity index (χ1) is 6.24. The molecule has 0 unspecified atom stereocenters. The Hall–Kier alpha value is -0.226. The fourth-order valence-corrected chi connectivity index (χ4v) is 4.01. The van der Waals surface area contributed by atoms with E-state index in [2.05, 4.69) is 38.2 Å². The van der Waals surface area contributed by atoms with Crippen LogP contribution in [0.2, 0.25) is 0 Å². The molecule has 0 atom stereocenters. The second-order valence-electron chi connectivity index (χ2n) is 4.09. The van der Waals surface area contributed by atoms with Crippen LogP contribution in [0.1, 0.15) is 28.1 Å². The predicted molar refractivity (Wildman–Crippen MR) is 62.6 cm³/mol. The standard InChI is InChI=1S/C12H16Si.Li.H/c1-9-3-5-11(7-9)13-12-6-4-10(2)8-12;;/h3-4,7-8H,5-6,13H2,1-2H3;;/q;+1;-1. The maximum Gasteiger partial charge on any atom is 1.00 e. The molecule has 0 radical (unpaired) electrons. The first kappa shape index (κ1) is 11.8. The molecular weight excluding hydrogens is 179 g/mol. The van der Waals surface area contributed by atoms with Crippen molar-refractivity contribution in [2.75, 3.05) is 0 Å². The zero-order chi connectivity index (χ0) is 9.26. The molecule has 0 saturated carbocycles. The molecule has 2 aliphatic carbocycles. The van der Waals surface area contributed by atoms with Crippen LogP contribution in [0, 0.1) is 0 Å². The third-order valence-corrected chi connectivity index (χ3v) is 4.58. The summed E-state index contributed by atoms with van der Waals surface area (Å²) in [6.07, 6.45) is 11.9. The summed E-state index contributed by atoms with van der Waals surface area (Å²) in [7, 11) is -0.0814. The van der Waals surface area contributed by atoms with E-state index in [0.29, 0.717) is 0 Å². The molecule has 0 aromatic rings. The summed E-state index contributed by atoms with van der Waals surface area (Å²) in [5.41, 5.74) is 2.93. The molecular formula is C12H17LiSi. The van der Waals surface area contributed by atoms with Crippen LogP contribution in [0.25, 0.3) is 0 Å². The van der Waals surface area contributed by atoms with Gasteiger partial charge in [0, 0.05) is 0 Å². The normalized spacial score (nSPS) is 19.6. The van der Waals surface area contributed by atoms with Crippen molar-refractivity contribution in [3.8, 4) is 0 Å². The average molecular weight is 196 g/mol. The first-order valence-electron chi connectivity index (χ1n) is 4.96. The summed E-state index contributed by atoms with van der Waals surface area (Å²) in [5, 5.41) is 3.43. The molecule has 0 aromatic heterocycles. The second kappa shape index (κ2) is 5.02. The molecule has 0 fully saturated rings. The summed E-state index contributed by atoms with van der Waals surface area (Å²) >= 11 is 0. The predicted octanol–water partition coefficient (Wildman–Crippen LogP) is -0.261. The van der Waals surface area contributed by atoms with Crippen molar-refractivity contribution in [2.24, 2.45) is 0 Å². The zero-order valence-electron chi connectivity index (χ0n) is 10.4. The first-order valence-corrected chi connectivity index (χ1v) is 6.38. The molecule has 0 heterocycles. The van der Waals surface area contributed by atoms with E-state index >= 15 is 0 Å². The topological polar surface area (TPSA) is 0 Å². The van der Waals surface area contributed by atoms with Gasteiger partial charge in [0.1, 0.15) is 0 Å². The van der Waals surface area contributed by atoms with E-state index in [1.54, 1.807) is 10.4 Å². The molecule has 0 bridgehead atoms. The van der Waals surface area contributed by atoms with Crippen molar-refractivity contribution < 1.29 is 20.3 Å². The van der Waals surface area contributed by atoms with Gasteiger partial charge in [-0.2, -0.15) is 0 Å². The Morgan fingerprint density at radius 3 is 1.71 bits per heavy atom. The third-order valence-electron chi connectivity index (χ3n) is 2.69. The largest absolute Gasteiger partial charge is 1.00 e. The number of hydrogen-bond donors (Lipinski definition) is 0. The Kier molecular flexibility index (Phi) is 4.25. The van der Waals surface area contributed by atoms with Crippen molar-refractivity contribution in [1.29, 1.82) is 0 Å². The fourth-order valence-electron chi connectivity index (χ4n) is 2.00. The van der Waals surface area contributed by atoms with Gasteiger partial charge < -0.3 is 1.43 Å². The van der Waals surface area contributed by atoms with E-state index < -0.39 is 0 Å². The quantitative estimate of drug-likeness (QED) is 0.534. The second-order valence-corrected chi connectivity index (χ2v) is 6.26. The summed E-state index contributed by atoms with van der Waals surface area (Å²) in [4.78, 5) is 0. The van der Waals surface area contributed by atoms with Crippen molar-refractivity contribution in [1.82, 2.24) is 0 Å². The molecule has 2 heteroatoms. The minimum Gasteiger partial charge on any atom is -1.00 e. The molecule has 0 aromatic carbocycles. The van der Waals surface area contributed by atoms with E-state index in [4.69, 9.17) is 0 Å². The summed E-state index contributed by atoms with van der Waals surface area (Å²) < 4.78 is 0. The van der Waals surface area contributed by atoms with Crippen LogP contribution < -0.4 is 18.9 Å². The fraction of sp³-hybridized carbons (Fsp3) is 0.333. The third kappa shape index (κ3) is 2.88. The zero-order valence-corrected chi connectivity index (χ0v) is 10.8. The van der Waals surface area contributed by atoms with Gasteiger partial charge >= 0.3 is 18.9 Å². The Balaban J connectivity index is 0.000000980. The Morgan fingerprint density at radius 2 is 1.43 bits per heavy atom. The summed E-state index contributed by atoms with van der Waals surface area (Å²) in [6.45, 7) is 4.40. The minimum atomic E-state index is -0.0814. The summed E-state index contributed by atoms with van der Waals surface area (Å²) in [6, 6.07) is 0. The van der Waals surface area contributed by atoms with Gasteiger partial charge in [-0.25, -0.2) is 0 Å². The van der Waals surface area contributed by atoms with E-state index in [1.807, 2.05) is 0 Å². The van der Waals surface area contributed by atoms with Gasteiger partial charge in [-0.05, 0) is 26.7 Å². The van der Waals surface area contributed by atoms with Gasteiger partial charge in [0.15, 0.2) is 0 Å². The van der Waals surface area contributed by atoms with Crippen LogP contribution >= 0.6 is 0 Å². The monoisotopic (exact) mass is 196 g/mol. The van der Waals surface area contributed by atoms with E-state index in [0.717, 1.165) is 0 Å². The van der Waals surface area contributed by atoms with Crippen LogP contribution in [-0.4, -0.2) is 9.52 Å². The van der Waals surface area contributed by atoms with E-state index in [-0.39, 0.29) is 29.8 Å². The number of hydrogen-bond acceptors (Lipinski definition) is 0. The van der Waals surface area contributed by atoms with Crippen LogP contribution in [0.15, 0.2) is 45.8 Å². The molecule has 70 valence electrons. The smallest absolute Gasteiger partial charge is 1.00 e. The molecule has 2 rings (SSSR count). The molecule has 0 aliphatic heterocycles. The van der Waals surface area contributed by atoms with E-state index in [9.17, 15) is 0 Å². The number of rotatable bonds is 2. The van der Waals surface area contributed by atoms with E-state index in [1.165, 1.54) is 24.0 Å². The Bertz CT molecular complexity index is 317. The van der Waals surface area contributed by atoms with Crippen molar-refractivity contribution in [3.63, 3.8) is 0 Å². The Morgan fingerprint density at radius 1 is 1.00 bits per heavy atom. The minimum absolute atomic E-state index is 0. The molecule has 0 spiro atoms. The van der Waals surface area contributed by atoms with Gasteiger partial charge in [0.2, 0.25) is 0 Å². The van der Waals surface area contributed by atoms with Crippen molar-refractivity contribution in [2.45, 2.75) is 26.7 Å². The number of allylic oxidation sites excluding steroid dienone is 8. The molecule has 14 heavy (non-hydrogen) atoms. The van der Waals surface area contributed by atoms with Gasteiger partial charge in [0.25, 0.3) is 0 Å². The van der Waals surface area contributed by atoms with Gasteiger partial charge in [-0.3, -0.25) is 0 Å². The van der Waals surface area contributed by atoms with Crippen molar-refractivity contribution in [3.05, 3.63) is 45.8 Å². The molecule has 0 nitrogen and oxygen atoms in total. The van der Waals surface area contributed by atoms with Gasteiger partial charge in [-0.1, -0.05) is 45.8 Å². The molecule has 0 saturated heterocycles. The van der Waals surface area contributed by atoms with Crippen molar-refractivity contribution >= 4 is 9.52 Å².